The molecule has 1 amide bonds. The third kappa shape index (κ3) is 5.47. The minimum Gasteiger partial charge on any atom is -0.497 e. The molecular weight excluding hydrogens is 500 g/mol. The average Bonchev–Trinajstić information content (AvgIpc) is 3.34. The molecule has 194 valence electrons. The fourth-order valence-electron chi connectivity index (χ4n) is 4.17. The first-order chi connectivity index (χ1) is 18.6. The number of nitrogens with zero attached hydrogens (tertiary/aromatic N) is 3. The lowest BCUT2D eigenvalue weighted by Gasteiger charge is -2.18. The van der Waals surface area contributed by atoms with Gasteiger partial charge in [0.2, 0.25) is 4.80 Å². The average molecular weight is 529 g/mol. The number of ether oxygens (including phenoxy) is 3. The van der Waals surface area contributed by atoms with Gasteiger partial charge in [0, 0.05) is 29.1 Å². The first-order valence-electron chi connectivity index (χ1n) is 12.2. The van der Waals surface area contributed by atoms with Gasteiger partial charge in [-0.1, -0.05) is 30.3 Å². The first kappa shape index (κ1) is 25.3. The number of benzene rings is 3. The smallest absolute Gasteiger partial charge is 0.262 e. The number of hydrogen-bond donors (Lipinski definition) is 1. The minimum absolute atomic E-state index is 0.0163. The molecule has 2 heterocycles. The zero-order valence-electron chi connectivity index (χ0n) is 21.4. The van der Waals surface area contributed by atoms with Gasteiger partial charge in [-0.2, -0.15) is 5.10 Å². The molecule has 0 saturated heterocycles. The molecule has 5 rings (SSSR count). The normalized spacial score (nSPS) is 13.5. The van der Waals surface area contributed by atoms with Crippen molar-refractivity contribution in [3.05, 3.63) is 88.0 Å². The van der Waals surface area contributed by atoms with Crippen LogP contribution in [-0.4, -0.2) is 43.7 Å². The Bertz CT molecular complexity index is 1560. The molecule has 38 heavy (non-hydrogen) atoms. The van der Waals surface area contributed by atoms with Crippen molar-refractivity contribution >= 4 is 28.6 Å². The quantitative estimate of drug-likeness (QED) is 0.327. The maximum atomic E-state index is 11.9. The zero-order valence-corrected chi connectivity index (χ0v) is 22.2. The molecule has 0 spiro atoms. The predicted octanol–water partition coefficient (Wildman–Crippen LogP) is 4.98. The number of thiazole rings is 1. The van der Waals surface area contributed by atoms with E-state index < -0.39 is 0 Å². The second-order valence-corrected chi connectivity index (χ2v) is 9.47. The number of methoxy groups -OCH3 is 2. The summed E-state index contributed by atoms with van der Waals surface area (Å²) >= 11 is 1.52. The van der Waals surface area contributed by atoms with Crippen LogP contribution in [0.25, 0.3) is 11.3 Å². The largest absolute Gasteiger partial charge is 0.497 e. The fourth-order valence-corrected chi connectivity index (χ4v) is 5.03. The van der Waals surface area contributed by atoms with Gasteiger partial charge in [0.05, 0.1) is 31.3 Å². The van der Waals surface area contributed by atoms with Crippen LogP contribution in [0, 0.1) is 0 Å². The van der Waals surface area contributed by atoms with Crippen molar-refractivity contribution in [1.29, 1.82) is 0 Å². The van der Waals surface area contributed by atoms with E-state index in [0.29, 0.717) is 29.5 Å². The molecule has 0 bridgehead atoms. The molecule has 1 aliphatic rings. The number of nitrogens with one attached hydrogen (secondary N) is 1. The van der Waals surface area contributed by atoms with Gasteiger partial charge in [-0.25, -0.2) is 4.68 Å². The third-order valence-corrected chi connectivity index (χ3v) is 6.99. The monoisotopic (exact) mass is 528 g/mol. The molecule has 3 aromatic carbocycles. The molecule has 8 nitrogen and oxygen atoms in total. The summed E-state index contributed by atoms with van der Waals surface area (Å²) in [7, 11) is 3.25. The molecule has 0 saturated carbocycles. The van der Waals surface area contributed by atoms with Crippen molar-refractivity contribution in [3.8, 4) is 28.5 Å². The van der Waals surface area contributed by atoms with E-state index in [1.807, 2.05) is 71.6 Å². The van der Waals surface area contributed by atoms with Crippen LogP contribution in [0.4, 0.5) is 5.69 Å². The highest BCUT2D eigenvalue weighted by Gasteiger charge is 2.18. The van der Waals surface area contributed by atoms with Crippen molar-refractivity contribution in [2.75, 3.05) is 32.7 Å². The summed E-state index contributed by atoms with van der Waals surface area (Å²) in [6, 6.07) is 21.7. The summed E-state index contributed by atoms with van der Waals surface area (Å²) in [6.45, 7) is 2.58. The third-order valence-electron chi connectivity index (χ3n) is 6.13. The number of rotatable bonds is 8. The van der Waals surface area contributed by atoms with Crippen LogP contribution in [-0.2, 0) is 11.2 Å². The Labute approximate surface area is 224 Å². The van der Waals surface area contributed by atoms with Crippen LogP contribution >= 0.6 is 11.3 Å². The van der Waals surface area contributed by atoms with E-state index in [2.05, 4.69) is 17.4 Å². The summed E-state index contributed by atoms with van der Waals surface area (Å²) in [6.07, 6.45) is 0.825. The molecule has 1 N–H and O–H groups in total. The molecule has 0 aliphatic carbocycles. The van der Waals surface area contributed by atoms with Crippen LogP contribution < -0.4 is 24.3 Å². The van der Waals surface area contributed by atoms with Crippen molar-refractivity contribution in [1.82, 2.24) is 4.68 Å². The molecule has 1 aromatic heterocycles. The van der Waals surface area contributed by atoms with E-state index in [1.165, 1.54) is 16.9 Å². The van der Waals surface area contributed by atoms with Crippen molar-refractivity contribution in [2.45, 2.75) is 13.3 Å². The number of carbonyl (C=O) groups is 1. The fraction of sp³-hybridized carbons (Fsp3) is 0.207. The Balaban J connectivity index is 1.57. The summed E-state index contributed by atoms with van der Waals surface area (Å²) in [5.74, 6) is 1.84. The number of anilines is 1. The second-order valence-electron chi connectivity index (χ2n) is 8.63. The summed E-state index contributed by atoms with van der Waals surface area (Å²) < 4.78 is 18.3. The van der Waals surface area contributed by atoms with E-state index >= 15 is 0 Å². The van der Waals surface area contributed by atoms with Gasteiger partial charge in [0.25, 0.3) is 5.91 Å². The Kier molecular flexibility index (Phi) is 7.55. The van der Waals surface area contributed by atoms with Crippen LogP contribution in [0.2, 0.25) is 0 Å². The van der Waals surface area contributed by atoms with E-state index in [9.17, 15) is 4.79 Å². The molecule has 0 radical (unpaired) electrons. The summed E-state index contributed by atoms with van der Waals surface area (Å²) in [5.41, 5.74) is 5.20. The lowest BCUT2D eigenvalue weighted by Crippen LogP contribution is -2.25. The van der Waals surface area contributed by atoms with E-state index in [4.69, 9.17) is 24.3 Å². The SMILES string of the molecule is COc1ccc(C(C)=Nn2c(-c3ccc4c(c3)NC(=O)CO4)csc2=NCCc2ccccc2)c(OC)c1. The maximum absolute atomic E-state index is 11.9. The van der Waals surface area contributed by atoms with Gasteiger partial charge >= 0.3 is 0 Å². The lowest BCUT2D eigenvalue weighted by atomic mass is 10.1. The highest BCUT2D eigenvalue weighted by atomic mass is 32.1. The molecule has 0 atom stereocenters. The van der Waals surface area contributed by atoms with Crippen LogP contribution in [0.3, 0.4) is 0 Å². The van der Waals surface area contributed by atoms with Crippen molar-refractivity contribution in [3.63, 3.8) is 0 Å². The summed E-state index contributed by atoms with van der Waals surface area (Å²) in [4.78, 5) is 17.5. The van der Waals surface area contributed by atoms with Crippen molar-refractivity contribution < 1.29 is 19.0 Å². The van der Waals surface area contributed by atoms with Crippen LogP contribution in [0.1, 0.15) is 18.1 Å². The number of amides is 1. The molecule has 0 fully saturated rings. The van der Waals surface area contributed by atoms with E-state index in [-0.39, 0.29) is 12.5 Å². The predicted molar refractivity (Wildman–Crippen MR) is 150 cm³/mol. The first-order valence-corrected chi connectivity index (χ1v) is 13.0. The maximum Gasteiger partial charge on any atom is 0.262 e. The number of aromatic nitrogens is 1. The Morgan fingerprint density at radius 2 is 1.92 bits per heavy atom. The van der Waals surface area contributed by atoms with Gasteiger partial charge in [0.1, 0.15) is 17.2 Å². The van der Waals surface area contributed by atoms with Gasteiger partial charge in [-0.15, -0.1) is 11.3 Å². The van der Waals surface area contributed by atoms with Gasteiger partial charge in [-0.05, 0) is 49.2 Å². The highest BCUT2D eigenvalue weighted by Crippen LogP contribution is 2.33. The van der Waals surface area contributed by atoms with Crippen molar-refractivity contribution in [2.24, 2.45) is 10.1 Å². The second kappa shape index (κ2) is 11.4. The Morgan fingerprint density at radius 3 is 2.71 bits per heavy atom. The van der Waals surface area contributed by atoms with E-state index in [1.54, 1.807) is 14.2 Å². The molecule has 9 heteroatoms. The van der Waals surface area contributed by atoms with Gasteiger partial charge < -0.3 is 19.5 Å². The number of carbonyl (C=O) groups excluding carboxylic acids is 1. The molecule has 4 aromatic rings. The summed E-state index contributed by atoms with van der Waals surface area (Å²) in [5, 5.41) is 9.90. The number of fused-ring (bicyclic) bond motifs is 1. The molecule has 1 aliphatic heterocycles. The van der Waals surface area contributed by atoms with Gasteiger partial charge in [0.15, 0.2) is 6.61 Å². The van der Waals surface area contributed by atoms with E-state index in [0.717, 1.165) is 33.8 Å². The topological polar surface area (TPSA) is 86.4 Å². The lowest BCUT2D eigenvalue weighted by molar-refractivity contribution is -0.118. The Hall–Kier alpha value is -4.37. The minimum atomic E-state index is -0.176. The zero-order chi connectivity index (χ0) is 26.5. The van der Waals surface area contributed by atoms with Crippen LogP contribution in [0.15, 0.2) is 82.2 Å². The van der Waals surface area contributed by atoms with Gasteiger partial charge in [-0.3, -0.25) is 9.79 Å². The standard InChI is InChI=1S/C29H28N4O4S/c1-19(23-11-10-22(35-2)16-27(23)36-3)32-33-25(21-9-12-26-24(15-21)31-28(34)17-37-26)18-38-29(33)30-14-13-20-7-5-4-6-8-20/h4-12,15-16,18H,13-14,17H2,1-3H3,(H,31,34). The van der Waals surface area contributed by atoms with Crippen LogP contribution in [0.5, 0.6) is 17.2 Å². The Morgan fingerprint density at radius 1 is 1.08 bits per heavy atom. The number of hydrogen-bond acceptors (Lipinski definition) is 7. The highest BCUT2D eigenvalue weighted by molar-refractivity contribution is 7.07. The molecule has 0 unspecified atom stereocenters. The molecular formula is C29H28N4O4S.